The van der Waals surface area contributed by atoms with Crippen molar-refractivity contribution in [1.82, 2.24) is 4.98 Å². The molecule has 3 nitrogen and oxygen atoms in total. The maximum Gasteiger partial charge on any atom is 0.181 e. The minimum absolute atomic E-state index is 0.755. The molecule has 13 heavy (non-hydrogen) atoms. The Kier molecular flexibility index (Phi) is 2.23. The van der Waals surface area contributed by atoms with Gasteiger partial charge in [0.2, 0.25) is 0 Å². The summed E-state index contributed by atoms with van der Waals surface area (Å²) in [4.78, 5) is 3.85. The molecule has 0 saturated heterocycles. The third-order valence-corrected chi connectivity index (χ3v) is 1.97. The number of aromatic nitrogens is 1. The highest BCUT2D eigenvalue weighted by molar-refractivity contribution is 7.81. The van der Waals surface area contributed by atoms with Crippen molar-refractivity contribution in [2.75, 3.05) is 4.72 Å². The molecule has 4 heteroatoms. The van der Waals surface area contributed by atoms with Crippen LogP contribution in [0.4, 0.5) is 5.69 Å². The normalized spacial score (nSPS) is 9.92. The highest BCUT2D eigenvalue weighted by atomic mass is 32.1. The molecule has 0 aliphatic carbocycles. The van der Waals surface area contributed by atoms with Crippen LogP contribution in [-0.4, -0.2) is 4.98 Å². The van der Waals surface area contributed by atoms with Gasteiger partial charge in [0.25, 0.3) is 0 Å². The van der Waals surface area contributed by atoms with Gasteiger partial charge in [0.05, 0.1) is 6.20 Å². The molecular weight excluding hydrogens is 184 g/mol. The number of anilines is 1. The molecule has 0 aliphatic rings. The standard InChI is InChI=1S/C9H8N2OS/c13-11-8-3-1-2-7(4-8)9-5-10-6-12-9/h1-6,11,13H. The summed E-state index contributed by atoms with van der Waals surface area (Å²) in [6.07, 6.45) is 3.09. The van der Waals surface area contributed by atoms with Crippen LogP contribution in [0.2, 0.25) is 0 Å². The Labute approximate surface area is 81.3 Å². The molecule has 0 atom stereocenters. The summed E-state index contributed by atoms with van der Waals surface area (Å²) in [6.45, 7) is 0. The van der Waals surface area contributed by atoms with E-state index in [1.54, 1.807) is 6.20 Å². The zero-order valence-electron chi connectivity index (χ0n) is 6.77. The second-order valence-corrected chi connectivity index (χ2v) is 2.78. The molecule has 0 unspecified atom stereocenters. The minimum atomic E-state index is 0.755. The largest absolute Gasteiger partial charge is 0.444 e. The fourth-order valence-electron chi connectivity index (χ4n) is 1.10. The van der Waals surface area contributed by atoms with Crippen LogP contribution in [0.25, 0.3) is 11.3 Å². The van der Waals surface area contributed by atoms with Crippen molar-refractivity contribution in [1.29, 1.82) is 0 Å². The van der Waals surface area contributed by atoms with Gasteiger partial charge in [0, 0.05) is 11.3 Å². The Morgan fingerprint density at radius 1 is 1.38 bits per heavy atom. The third-order valence-electron chi connectivity index (χ3n) is 1.71. The third kappa shape index (κ3) is 1.67. The van der Waals surface area contributed by atoms with Crippen molar-refractivity contribution in [3.05, 3.63) is 36.9 Å². The van der Waals surface area contributed by atoms with Gasteiger partial charge in [-0.25, -0.2) is 4.98 Å². The number of benzene rings is 1. The molecule has 0 radical (unpaired) electrons. The number of hydrogen-bond donors (Lipinski definition) is 2. The molecule has 0 saturated carbocycles. The number of rotatable bonds is 2. The first kappa shape index (κ1) is 8.19. The summed E-state index contributed by atoms with van der Waals surface area (Å²) in [5.41, 5.74) is 1.91. The van der Waals surface area contributed by atoms with Gasteiger partial charge in [-0.15, -0.1) is 0 Å². The van der Waals surface area contributed by atoms with Gasteiger partial charge in [-0.05, 0) is 12.1 Å². The van der Waals surface area contributed by atoms with Crippen LogP contribution >= 0.6 is 12.8 Å². The number of nitrogens with one attached hydrogen (secondary N) is 1. The van der Waals surface area contributed by atoms with Crippen molar-refractivity contribution >= 4 is 18.5 Å². The van der Waals surface area contributed by atoms with Crippen LogP contribution in [0, 0.1) is 0 Å². The lowest BCUT2D eigenvalue weighted by atomic mass is 10.2. The minimum Gasteiger partial charge on any atom is -0.444 e. The molecule has 0 bridgehead atoms. The molecular formula is C9H8N2OS. The number of oxazole rings is 1. The van der Waals surface area contributed by atoms with Crippen LogP contribution in [0.3, 0.4) is 0 Å². The second kappa shape index (κ2) is 3.53. The van der Waals surface area contributed by atoms with E-state index in [9.17, 15) is 0 Å². The summed E-state index contributed by atoms with van der Waals surface area (Å²) in [7, 11) is 0. The lowest BCUT2D eigenvalue weighted by molar-refractivity contribution is 0.572. The van der Waals surface area contributed by atoms with Crippen LogP contribution in [0.15, 0.2) is 41.3 Å². The highest BCUT2D eigenvalue weighted by Crippen LogP contribution is 2.21. The monoisotopic (exact) mass is 192 g/mol. The predicted molar refractivity (Wildman–Crippen MR) is 54.5 cm³/mol. The summed E-state index contributed by atoms with van der Waals surface area (Å²) in [5, 5.41) is 0. The molecule has 1 heterocycles. The zero-order valence-corrected chi connectivity index (χ0v) is 7.66. The molecule has 0 fully saturated rings. The lowest BCUT2D eigenvalue weighted by Gasteiger charge is -2.00. The quantitative estimate of drug-likeness (QED) is 0.718. The topological polar surface area (TPSA) is 38.1 Å². The van der Waals surface area contributed by atoms with Gasteiger partial charge < -0.3 is 9.14 Å². The van der Waals surface area contributed by atoms with Gasteiger partial charge in [0.15, 0.2) is 12.2 Å². The van der Waals surface area contributed by atoms with E-state index < -0.39 is 0 Å². The molecule has 0 aliphatic heterocycles. The van der Waals surface area contributed by atoms with Crippen LogP contribution in [-0.2, 0) is 0 Å². The summed E-state index contributed by atoms with van der Waals surface area (Å²) in [6, 6.07) is 7.74. The molecule has 2 rings (SSSR count). The Morgan fingerprint density at radius 2 is 2.31 bits per heavy atom. The first-order chi connectivity index (χ1) is 6.40. The predicted octanol–water partition coefficient (Wildman–Crippen LogP) is 2.60. The van der Waals surface area contributed by atoms with Gasteiger partial charge in [-0.2, -0.15) is 0 Å². The van der Waals surface area contributed by atoms with Crippen LogP contribution in [0.1, 0.15) is 0 Å². The maximum absolute atomic E-state index is 5.16. The van der Waals surface area contributed by atoms with Crippen LogP contribution < -0.4 is 4.72 Å². The second-order valence-electron chi connectivity index (χ2n) is 2.56. The SMILES string of the molecule is SNc1cccc(-c2cnco2)c1. The summed E-state index contributed by atoms with van der Waals surface area (Å²) < 4.78 is 7.92. The Morgan fingerprint density at radius 3 is 3.00 bits per heavy atom. The van der Waals surface area contributed by atoms with E-state index >= 15 is 0 Å². The molecule has 2 aromatic rings. The highest BCUT2D eigenvalue weighted by Gasteiger charge is 2.00. The van der Waals surface area contributed by atoms with Gasteiger partial charge in [0.1, 0.15) is 0 Å². The fourth-order valence-corrected chi connectivity index (χ4v) is 1.24. The number of hydrogen-bond acceptors (Lipinski definition) is 4. The Balaban J connectivity index is 2.41. The summed E-state index contributed by atoms with van der Waals surface area (Å²) >= 11 is 3.96. The first-order valence-corrected chi connectivity index (χ1v) is 4.24. The van der Waals surface area contributed by atoms with E-state index in [-0.39, 0.29) is 0 Å². The van der Waals surface area contributed by atoms with E-state index in [1.807, 2.05) is 24.3 Å². The van der Waals surface area contributed by atoms with Crippen molar-refractivity contribution < 1.29 is 4.42 Å². The van der Waals surface area contributed by atoms with E-state index in [4.69, 9.17) is 4.42 Å². The van der Waals surface area contributed by atoms with Crippen LogP contribution in [0.5, 0.6) is 0 Å². The Hall–Kier alpha value is -1.42. The average molecular weight is 192 g/mol. The number of nitrogens with zero attached hydrogens (tertiary/aromatic N) is 1. The van der Waals surface area contributed by atoms with E-state index in [1.165, 1.54) is 6.39 Å². The Bertz CT molecular complexity index is 386. The van der Waals surface area contributed by atoms with Crippen molar-refractivity contribution in [3.63, 3.8) is 0 Å². The van der Waals surface area contributed by atoms with E-state index in [0.29, 0.717) is 0 Å². The van der Waals surface area contributed by atoms with Crippen molar-refractivity contribution in [2.45, 2.75) is 0 Å². The molecule has 0 amide bonds. The zero-order chi connectivity index (χ0) is 9.10. The number of thiol groups is 1. The molecule has 1 aromatic carbocycles. The van der Waals surface area contributed by atoms with E-state index in [0.717, 1.165) is 17.0 Å². The van der Waals surface area contributed by atoms with Crippen molar-refractivity contribution in [2.24, 2.45) is 0 Å². The molecule has 1 aromatic heterocycles. The first-order valence-electron chi connectivity index (χ1n) is 3.79. The molecule has 1 N–H and O–H groups in total. The molecule has 66 valence electrons. The van der Waals surface area contributed by atoms with E-state index in [2.05, 4.69) is 22.5 Å². The maximum atomic E-state index is 5.16. The average Bonchev–Trinajstić information content (AvgIpc) is 2.71. The molecule has 0 spiro atoms. The summed E-state index contributed by atoms with van der Waals surface area (Å²) in [5.74, 6) is 0.755. The van der Waals surface area contributed by atoms with Gasteiger partial charge in [-0.3, -0.25) is 0 Å². The van der Waals surface area contributed by atoms with Gasteiger partial charge in [-0.1, -0.05) is 24.9 Å². The van der Waals surface area contributed by atoms with Crippen molar-refractivity contribution in [3.8, 4) is 11.3 Å². The fraction of sp³-hybridized carbons (Fsp3) is 0. The van der Waals surface area contributed by atoms with Gasteiger partial charge >= 0.3 is 0 Å². The smallest absolute Gasteiger partial charge is 0.181 e. The lowest BCUT2D eigenvalue weighted by Crippen LogP contribution is -1.80.